The summed E-state index contributed by atoms with van der Waals surface area (Å²) in [5.74, 6) is 0.777. The van der Waals surface area contributed by atoms with Crippen LogP contribution < -0.4 is 10.6 Å². The number of benzene rings is 1. The molecule has 0 heterocycles. The van der Waals surface area contributed by atoms with Crippen LogP contribution in [0.5, 0.6) is 0 Å². The van der Waals surface area contributed by atoms with Crippen LogP contribution in [0.1, 0.15) is 24.0 Å². The lowest BCUT2D eigenvalue weighted by molar-refractivity contribution is 0.577. The third-order valence-electron chi connectivity index (χ3n) is 3.12. The van der Waals surface area contributed by atoms with Crippen molar-refractivity contribution in [3.05, 3.63) is 41.0 Å². The summed E-state index contributed by atoms with van der Waals surface area (Å²) in [5, 5.41) is 6.80. The van der Waals surface area contributed by atoms with E-state index in [4.69, 9.17) is 0 Å². The van der Waals surface area contributed by atoms with Gasteiger partial charge in [0.05, 0.1) is 6.17 Å². The Morgan fingerprint density at radius 1 is 1.35 bits per heavy atom. The normalized spacial score (nSPS) is 15.6. The van der Waals surface area contributed by atoms with E-state index >= 15 is 0 Å². The van der Waals surface area contributed by atoms with Crippen molar-refractivity contribution in [3.8, 4) is 0 Å². The smallest absolute Gasteiger partial charge is 0.0855 e. The van der Waals surface area contributed by atoms with Gasteiger partial charge in [0.1, 0.15) is 0 Å². The van der Waals surface area contributed by atoms with Crippen LogP contribution in [-0.4, -0.2) is 19.0 Å². The molecule has 2 nitrogen and oxygen atoms in total. The Hall–Kier alpha value is -0.930. The van der Waals surface area contributed by atoms with Gasteiger partial charge in [-0.3, -0.25) is 5.32 Å². The fourth-order valence-electron chi connectivity index (χ4n) is 1.92. The summed E-state index contributed by atoms with van der Waals surface area (Å²) in [5.41, 5.74) is 5.48. The zero-order valence-electron chi connectivity index (χ0n) is 10.5. The number of hydrogen-bond acceptors (Lipinski definition) is 3. The minimum absolute atomic E-state index is 0.223. The maximum atomic E-state index is 4.35. The molecule has 0 amide bonds. The van der Waals surface area contributed by atoms with Crippen LogP contribution in [0.25, 0.3) is 5.70 Å². The van der Waals surface area contributed by atoms with Gasteiger partial charge in [0.25, 0.3) is 0 Å². The largest absolute Gasteiger partial charge is 0.369 e. The molecule has 92 valence electrons. The number of thiol groups is 1. The van der Waals surface area contributed by atoms with Crippen molar-refractivity contribution < 1.29 is 0 Å². The van der Waals surface area contributed by atoms with Gasteiger partial charge >= 0.3 is 0 Å². The zero-order valence-corrected chi connectivity index (χ0v) is 11.3. The third kappa shape index (κ3) is 3.05. The SMILES string of the molecule is CNC(CS)NC(=C1CC1)c1ccccc1C. The fourth-order valence-corrected chi connectivity index (χ4v) is 2.19. The molecule has 0 bridgehead atoms. The molecule has 0 aromatic heterocycles. The summed E-state index contributed by atoms with van der Waals surface area (Å²) in [7, 11) is 1.96. The van der Waals surface area contributed by atoms with Gasteiger partial charge in [0.15, 0.2) is 0 Å². The number of rotatable bonds is 5. The van der Waals surface area contributed by atoms with E-state index in [2.05, 4.69) is 54.5 Å². The molecule has 0 radical (unpaired) electrons. The molecule has 0 aliphatic heterocycles. The van der Waals surface area contributed by atoms with Crippen molar-refractivity contribution in [2.45, 2.75) is 25.9 Å². The molecule has 1 aliphatic carbocycles. The predicted molar refractivity (Wildman–Crippen MR) is 77.2 cm³/mol. The predicted octanol–water partition coefficient (Wildman–Crippen LogP) is 2.56. The Bertz CT molecular complexity index is 416. The second kappa shape index (κ2) is 5.61. The van der Waals surface area contributed by atoms with Gasteiger partial charge in [0.2, 0.25) is 0 Å². The van der Waals surface area contributed by atoms with E-state index < -0.39 is 0 Å². The molecular formula is C14H20N2S. The first-order chi connectivity index (χ1) is 8.26. The molecule has 17 heavy (non-hydrogen) atoms. The van der Waals surface area contributed by atoms with Crippen molar-refractivity contribution in [1.82, 2.24) is 10.6 Å². The average molecular weight is 248 g/mol. The van der Waals surface area contributed by atoms with Crippen LogP contribution in [-0.2, 0) is 0 Å². The average Bonchev–Trinajstić information content (AvgIpc) is 3.16. The number of allylic oxidation sites excluding steroid dienone is 1. The van der Waals surface area contributed by atoms with Crippen molar-refractivity contribution in [3.63, 3.8) is 0 Å². The van der Waals surface area contributed by atoms with Crippen molar-refractivity contribution in [1.29, 1.82) is 0 Å². The second-order valence-electron chi connectivity index (χ2n) is 4.46. The van der Waals surface area contributed by atoms with Gasteiger partial charge in [-0.2, -0.15) is 12.6 Å². The summed E-state index contributed by atoms with van der Waals surface area (Å²) in [4.78, 5) is 0. The van der Waals surface area contributed by atoms with Gasteiger partial charge in [-0.25, -0.2) is 0 Å². The van der Waals surface area contributed by atoms with Gasteiger partial charge in [-0.05, 0) is 37.9 Å². The van der Waals surface area contributed by atoms with Crippen molar-refractivity contribution in [2.75, 3.05) is 12.8 Å². The number of aryl methyl sites for hydroxylation is 1. The van der Waals surface area contributed by atoms with E-state index in [9.17, 15) is 0 Å². The molecule has 2 N–H and O–H groups in total. The molecule has 1 fully saturated rings. The second-order valence-corrected chi connectivity index (χ2v) is 4.83. The molecule has 1 aliphatic rings. The molecule has 3 heteroatoms. The minimum Gasteiger partial charge on any atom is -0.369 e. The lowest BCUT2D eigenvalue weighted by atomic mass is 10.0. The van der Waals surface area contributed by atoms with Crippen molar-refractivity contribution >= 4 is 18.3 Å². The van der Waals surface area contributed by atoms with E-state index in [0.717, 1.165) is 5.75 Å². The van der Waals surface area contributed by atoms with Crippen LogP contribution in [0.2, 0.25) is 0 Å². The van der Waals surface area contributed by atoms with Gasteiger partial charge in [-0.1, -0.05) is 24.3 Å². The van der Waals surface area contributed by atoms with Crippen LogP contribution in [0.15, 0.2) is 29.8 Å². The molecule has 1 aromatic rings. The Labute approximate surface area is 109 Å². The maximum Gasteiger partial charge on any atom is 0.0855 e. The highest BCUT2D eigenvalue weighted by molar-refractivity contribution is 7.80. The summed E-state index contributed by atoms with van der Waals surface area (Å²) in [6.07, 6.45) is 2.67. The van der Waals surface area contributed by atoms with Crippen LogP contribution in [0, 0.1) is 6.92 Å². The third-order valence-corrected chi connectivity index (χ3v) is 3.48. The van der Waals surface area contributed by atoms with Crippen LogP contribution in [0.3, 0.4) is 0 Å². The minimum atomic E-state index is 0.223. The van der Waals surface area contributed by atoms with E-state index in [-0.39, 0.29) is 6.17 Å². The monoisotopic (exact) mass is 248 g/mol. The number of hydrogen-bond donors (Lipinski definition) is 3. The fraction of sp³-hybridized carbons (Fsp3) is 0.429. The Morgan fingerprint density at radius 3 is 2.59 bits per heavy atom. The van der Waals surface area contributed by atoms with E-state index in [1.807, 2.05) is 7.05 Å². The zero-order chi connectivity index (χ0) is 12.3. The summed E-state index contributed by atoms with van der Waals surface area (Å²) < 4.78 is 0. The first-order valence-electron chi connectivity index (χ1n) is 6.09. The molecule has 0 spiro atoms. The Morgan fingerprint density at radius 2 is 2.06 bits per heavy atom. The summed E-state index contributed by atoms with van der Waals surface area (Å²) >= 11 is 4.35. The van der Waals surface area contributed by atoms with E-state index in [0.29, 0.717) is 0 Å². The molecule has 1 atom stereocenters. The lowest BCUT2D eigenvalue weighted by Gasteiger charge is -2.21. The molecule has 1 aromatic carbocycles. The van der Waals surface area contributed by atoms with Crippen LogP contribution >= 0.6 is 12.6 Å². The topological polar surface area (TPSA) is 24.1 Å². The molecule has 2 rings (SSSR count). The number of nitrogens with one attached hydrogen (secondary N) is 2. The quantitative estimate of drug-likeness (QED) is 0.551. The lowest BCUT2D eigenvalue weighted by Crippen LogP contribution is -2.40. The van der Waals surface area contributed by atoms with E-state index in [1.54, 1.807) is 0 Å². The van der Waals surface area contributed by atoms with E-state index in [1.165, 1.54) is 35.2 Å². The molecule has 1 saturated carbocycles. The van der Waals surface area contributed by atoms with Crippen molar-refractivity contribution in [2.24, 2.45) is 0 Å². The summed E-state index contributed by atoms with van der Waals surface area (Å²) in [6.45, 7) is 2.16. The van der Waals surface area contributed by atoms with Gasteiger partial charge < -0.3 is 5.32 Å². The van der Waals surface area contributed by atoms with Crippen LogP contribution in [0.4, 0.5) is 0 Å². The maximum absolute atomic E-state index is 4.35. The summed E-state index contributed by atoms with van der Waals surface area (Å²) in [6, 6.07) is 8.54. The highest BCUT2D eigenvalue weighted by Gasteiger charge is 2.21. The molecule has 1 unspecified atom stereocenters. The molecule has 0 saturated heterocycles. The highest BCUT2D eigenvalue weighted by atomic mass is 32.1. The van der Waals surface area contributed by atoms with Gasteiger partial charge in [-0.15, -0.1) is 0 Å². The Kier molecular flexibility index (Phi) is 4.13. The first-order valence-corrected chi connectivity index (χ1v) is 6.72. The standard InChI is InChI=1S/C14H20N2S/c1-10-5-3-4-6-12(10)14(11-7-8-11)16-13(9-17)15-2/h3-6,13,15-17H,7-9H2,1-2H3. The highest BCUT2D eigenvalue weighted by Crippen LogP contribution is 2.36. The Balaban J connectivity index is 2.26. The first kappa shape index (κ1) is 12.5. The van der Waals surface area contributed by atoms with Gasteiger partial charge in [0, 0.05) is 17.0 Å². The molecular weight excluding hydrogens is 228 g/mol.